The molecule has 0 N–H and O–H groups in total. The molecule has 18 heavy (non-hydrogen) atoms. The van der Waals surface area contributed by atoms with Gasteiger partial charge in [-0.15, -0.1) is 0 Å². The number of carbonyl (C=O) groups is 1. The molecule has 3 rings (SSSR count). The van der Waals surface area contributed by atoms with Crippen LogP contribution in [0.25, 0.3) is 11.1 Å². The highest BCUT2D eigenvalue weighted by Gasteiger charge is 2.29. The van der Waals surface area contributed by atoms with E-state index in [1.807, 2.05) is 18.2 Å². The van der Waals surface area contributed by atoms with E-state index in [1.54, 1.807) is 19.2 Å². The topological polar surface area (TPSA) is 48.4 Å². The zero-order valence-electron chi connectivity index (χ0n) is 10.1. The van der Waals surface area contributed by atoms with Crippen molar-refractivity contribution in [3.8, 4) is 22.8 Å². The van der Waals surface area contributed by atoms with Gasteiger partial charge in [0.25, 0.3) is 5.88 Å². The Bertz CT molecular complexity index is 649. The van der Waals surface area contributed by atoms with Gasteiger partial charge in [-0.05, 0) is 11.6 Å². The smallest absolute Gasteiger partial charge is 0.257 e. The summed E-state index contributed by atoms with van der Waals surface area (Å²) in [6.07, 6.45) is 0. The first-order chi connectivity index (χ1) is 8.76. The molecule has 0 fully saturated rings. The van der Waals surface area contributed by atoms with Crippen molar-refractivity contribution in [3.63, 3.8) is 0 Å². The number of carbonyl (C=O) groups excluding carboxylic acids is 1. The standard InChI is InChI=1S/C14H11NO3/c1-17-11-7-10-8-5-3-4-6-9(8)13(16)12(10)15-14(11)18-2/h3-7H,1-2H3. The minimum Gasteiger partial charge on any atom is -0.491 e. The molecule has 2 aromatic rings. The lowest BCUT2D eigenvalue weighted by molar-refractivity contribution is 0.103. The third kappa shape index (κ3) is 1.32. The lowest BCUT2D eigenvalue weighted by Crippen LogP contribution is -2.01. The average molecular weight is 241 g/mol. The number of rotatable bonds is 2. The SMILES string of the molecule is COc1cc2c(nc1OC)C(=O)c1ccccc1-2. The van der Waals surface area contributed by atoms with Gasteiger partial charge < -0.3 is 9.47 Å². The van der Waals surface area contributed by atoms with E-state index in [2.05, 4.69) is 4.98 Å². The van der Waals surface area contributed by atoms with Gasteiger partial charge >= 0.3 is 0 Å². The maximum absolute atomic E-state index is 12.2. The highest BCUT2D eigenvalue weighted by molar-refractivity contribution is 6.20. The van der Waals surface area contributed by atoms with Crippen molar-refractivity contribution in [3.05, 3.63) is 41.6 Å². The number of benzene rings is 1. The Balaban J connectivity index is 2.29. The minimum absolute atomic E-state index is 0.0680. The molecule has 0 unspecified atom stereocenters. The molecule has 1 aliphatic rings. The molecule has 0 amide bonds. The number of hydrogen-bond acceptors (Lipinski definition) is 4. The summed E-state index contributed by atoms with van der Waals surface area (Å²) in [6, 6.07) is 9.25. The quantitative estimate of drug-likeness (QED) is 0.690. The van der Waals surface area contributed by atoms with E-state index in [1.165, 1.54) is 7.11 Å². The van der Waals surface area contributed by atoms with Gasteiger partial charge in [-0.3, -0.25) is 4.79 Å². The fourth-order valence-corrected chi connectivity index (χ4v) is 2.19. The zero-order valence-corrected chi connectivity index (χ0v) is 10.1. The lowest BCUT2D eigenvalue weighted by atomic mass is 10.1. The number of fused-ring (bicyclic) bond motifs is 3. The van der Waals surface area contributed by atoms with E-state index in [4.69, 9.17) is 9.47 Å². The third-order valence-electron chi connectivity index (χ3n) is 3.04. The number of ketones is 1. The Morgan fingerprint density at radius 1 is 1.00 bits per heavy atom. The van der Waals surface area contributed by atoms with Gasteiger partial charge in [-0.25, -0.2) is 4.98 Å². The summed E-state index contributed by atoms with van der Waals surface area (Å²) in [5.74, 6) is 0.791. The lowest BCUT2D eigenvalue weighted by Gasteiger charge is -2.08. The van der Waals surface area contributed by atoms with Crippen molar-refractivity contribution >= 4 is 5.78 Å². The van der Waals surface area contributed by atoms with Crippen LogP contribution in [0.4, 0.5) is 0 Å². The summed E-state index contributed by atoms with van der Waals surface area (Å²) in [4.78, 5) is 16.4. The van der Waals surface area contributed by atoms with Gasteiger partial charge in [0.1, 0.15) is 5.69 Å². The first kappa shape index (κ1) is 10.8. The maximum atomic E-state index is 12.2. The fourth-order valence-electron chi connectivity index (χ4n) is 2.19. The van der Waals surface area contributed by atoms with Crippen molar-refractivity contribution in [2.75, 3.05) is 14.2 Å². The van der Waals surface area contributed by atoms with Crippen molar-refractivity contribution in [2.45, 2.75) is 0 Å². The van der Waals surface area contributed by atoms with Gasteiger partial charge in [0.15, 0.2) is 5.75 Å². The van der Waals surface area contributed by atoms with Crippen LogP contribution in [0.3, 0.4) is 0 Å². The summed E-state index contributed by atoms with van der Waals surface area (Å²) in [5, 5.41) is 0. The number of hydrogen-bond donors (Lipinski definition) is 0. The van der Waals surface area contributed by atoms with E-state index < -0.39 is 0 Å². The van der Waals surface area contributed by atoms with Crippen LogP contribution in [-0.2, 0) is 0 Å². The van der Waals surface area contributed by atoms with Crippen LogP contribution < -0.4 is 9.47 Å². The van der Waals surface area contributed by atoms with Crippen LogP contribution in [0.15, 0.2) is 30.3 Å². The summed E-state index contributed by atoms with van der Waals surface area (Å²) in [6.45, 7) is 0. The molecule has 1 aromatic heterocycles. The molecule has 4 nitrogen and oxygen atoms in total. The second-order valence-electron chi connectivity index (χ2n) is 3.97. The molecule has 0 radical (unpaired) electrons. The Kier molecular flexibility index (Phi) is 2.30. The Morgan fingerprint density at radius 2 is 1.72 bits per heavy atom. The normalized spacial score (nSPS) is 12.0. The van der Waals surface area contributed by atoms with E-state index in [-0.39, 0.29) is 5.78 Å². The van der Waals surface area contributed by atoms with E-state index >= 15 is 0 Å². The largest absolute Gasteiger partial charge is 0.491 e. The van der Waals surface area contributed by atoms with Gasteiger partial charge in [-0.1, -0.05) is 24.3 Å². The molecule has 0 spiro atoms. The Labute approximate surface area is 104 Å². The van der Waals surface area contributed by atoms with E-state index in [0.717, 1.165) is 11.1 Å². The second kappa shape index (κ2) is 3.84. The maximum Gasteiger partial charge on any atom is 0.257 e. The summed E-state index contributed by atoms with van der Waals surface area (Å²) >= 11 is 0. The number of nitrogens with zero attached hydrogens (tertiary/aromatic N) is 1. The first-order valence-electron chi connectivity index (χ1n) is 5.53. The molecule has 0 saturated heterocycles. The molecule has 1 heterocycles. The van der Waals surface area contributed by atoms with Gasteiger partial charge in [0.2, 0.25) is 5.78 Å². The molecule has 0 atom stereocenters. The molecule has 4 heteroatoms. The van der Waals surface area contributed by atoms with Crippen LogP contribution >= 0.6 is 0 Å². The highest BCUT2D eigenvalue weighted by atomic mass is 16.5. The third-order valence-corrected chi connectivity index (χ3v) is 3.04. The molecule has 0 saturated carbocycles. The van der Waals surface area contributed by atoms with Gasteiger partial charge in [-0.2, -0.15) is 0 Å². The number of ether oxygens (including phenoxy) is 2. The van der Waals surface area contributed by atoms with Crippen molar-refractivity contribution in [1.82, 2.24) is 4.98 Å². The van der Waals surface area contributed by atoms with Crippen molar-refractivity contribution in [1.29, 1.82) is 0 Å². The van der Waals surface area contributed by atoms with Crippen LogP contribution in [-0.4, -0.2) is 25.0 Å². The average Bonchev–Trinajstić information content (AvgIpc) is 2.71. The highest BCUT2D eigenvalue weighted by Crippen LogP contribution is 2.40. The monoisotopic (exact) mass is 241 g/mol. The van der Waals surface area contributed by atoms with Crippen LogP contribution in [0, 0.1) is 0 Å². The summed E-state index contributed by atoms with van der Waals surface area (Å²) in [7, 11) is 3.05. The number of aromatic nitrogens is 1. The van der Waals surface area contributed by atoms with E-state index in [9.17, 15) is 4.79 Å². The molecule has 1 aliphatic carbocycles. The first-order valence-corrected chi connectivity index (χ1v) is 5.53. The molecular weight excluding hydrogens is 230 g/mol. The van der Waals surface area contributed by atoms with E-state index in [0.29, 0.717) is 22.9 Å². The van der Waals surface area contributed by atoms with Crippen LogP contribution in [0.5, 0.6) is 11.6 Å². The molecular formula is C14H11NO3. The molecule has 1 aromatic carbocycles. The van der Waals surface area contributed by atoms with Crippen molar-refractivity contribution in [2.24, 2.45) is 0 Å². The second-order valence-corrected chi connectivity index (χ2v) is 3.97. The fraction of sp³-hybridized carbons (Fsp3) is 0.143. The summed E-state index contributed by atoms with van der Waals surface area (Å²) in [5.41, 5.74) is 2.79. The minimum atomic E-state index is -0.0680. The number of pyridine rings is 1. The van der Waals surface area contributed by atoms with Gasteiger partial charge in [0, 0.05) is 11.1 Å². The van der Waals surface area contributed by atoms with Crippen molar-refractivity contribution < 1.29 is 14.3 Å². The predicted molar refractivity (Wildman–Crippen MR) is 66.2 cm³/mol. The van der Waals surface area contributed by atoms with Gasteiger partial charge in [0.05, 0.1) is 14.2 Å². The Morgan fingerprint density at radius 3 is 2.39 bits per heavy atom. The summed E-state index contributed by atoms with van der Waals surface area (Å²) < 4.78 is 10.3. The molecule has 0 aliphatic heterocycles. The predicted octanol–water partition coefficient (Wildman–Crippen LogP) is 2.31. The molecule has 0 bridgehead atoms. The number of methoxy groups -OCH3 is 2. The Hall–Kier alpha value is -2.36. The zero-order chi connectivity index (χ0) is 12.7. The van der Waals surface area contributed by atoms with Crippen LogP contribution in [0.2, 0.25) is 0 Å². The molecule has 90 valence electrons. The van der Waals surface area contributed by atoms with Crippen LogP contribution in [0.1, 0.15) is 16.1 Å².